The quantitative estimate of drug-likeness (QED) is 0.408. The summed E-state index contributed by atoms with van der Waals surface area (Å²) in [6.07, 6.45) is 0.945. The van der Waals surface area contributed by atoms with Gasteiger partial charge >= 0.3 is 0 Å². The Labute approximate surface area is 195 Å². The fraction of sp³-hybridized carbons (Fsp3) is 0.190. The van der Waals surface area contributed by atoms with Crippen molar-refractivity contribution < 1.29 is 27.0 Å². The maximum absolute atomic E-state index is 14.5. The molecule has 1 aromatic heterocycles. The zero-order chi connectivity index (χ0) is 24.9. The first-order chi connectivity index (χ1) is 16.2. The highest BCUT2D eigenvalue weighted by Crippen LogP contribution is 2.41. The van der Waals surface area contributed by atoms with E-state index < -0.39 is 15.8 Å². The van der Waals surface area contributed by atoms with Crippen LogP contribution >= 0.6 is 0 Å². The number of hydrogen-bond acceptors (Lipinski definition) is 10. The number of methoxy groups -OCH3 is 2. The van der Waals surface area contributed by atoms with Crippen LogP contribution in [-0.2, 0) is 10.0 Å². The standard InChI is InChI=1S/C21H21FN6O5S/c1-12-4-5-13(10-18(12)34(24,29)30)27-21-25-11-15(22)20(28-21)26-14-8-16(31-2)19(32-3)17(9-14)33-7-6-23/h4-5,8-11H,7H2,1-3H3,(H2,24,29,30)(H2,25,26,27,28). The summed E-state index contributed by atoms with van der Waals surface area (Å²) in [6, 6.07) is 9.39. The fourth-order valence-electron chi connectivity index (χ4n) is 2.98. The zero-order valence-corrected chi connectivity index (χ0v) is 19.2. The third-order valence-corrected chi connectivity index (χ3v) is 5.55. The number of sulfonamides is 1. The van der Waals surface area contributed by atoms with Crippen LogP contribution in [0.3, 0.4) is 0 Å². The number of nitriles is 1. The van der Waals surface area contributed by atoms with Crippen LogP contribution in [0.1, 0.15) is 5.56 Å². The van der Waals surface area contributed by atoms with E-state index in [9.17, 15) is 12.8 Å². The van der Waals surface area contributed by atoms with Crippen molar-refractivity contribution in [1.29, 1.82) is 5.26 Å². The number of rotatable bonds is 9. The molecule has 0 unspecified atom stereocenters. The molecule has 4 N–H and O–H groups in total. The van der Waals surface area contributed by atoms with Crippen molar-refractivity contribution in [1.82, 2.24) is 9.97 Å². The maximum Gasteiger partial charge on any atom is 0.238 e. The number of halogens is 1. The van der Waals surface area contributed by atoms with Crippen molar-refractivity contribution in [2.45, 2.75) is 11.8 Å². The molecule has 178 valence electrons. The van der Waals surface area contributed by atoms with E-state index in [0.29, 0.717) is 16.9 Å². The average Bonchev–Trinajstić information content (AvgIpc) is 2.79. The first kappa shape index (κ1) is 24.5. The van der Waals surface area contributed by atoms with Gasteiger partial charge in [-0.25, -0.2) is 22.9 Å². The van der Waals surface area contributed by atoms with Crippen LogP contribution in [0.4, 0.5) is 27.5 Å². The van der Waals surface area contributed by atoms with Crippen molar-refractivity contribution in [3.05, 3.63) is 47.9 Å². The Hall–Kier alpha value is -4.15. The lowest BCUT2D eigenvalue weighted by molar-refractivity contribution is 0.310. The first-order valence-corrected chi connectivity index (χ1v) is 11.2. The molecular weight excluding hydrogens is 467 g/mol. The van der Waals surface area contributed by atoms with E-state index in [0.717, 1.165) is 6.20 Å². The van der Waals surface area contributed by atoms with E-state index in [-0.39, 0.29) is 40.5 Å². The molecular formula is C21H21FN6O5S. The molecule has 0 bridgehead atoms. The van der Waals surface area contributed by atoms with Gasteiger partial charge in [0.1, 0.15) is 6.07 Å². The number of hydrogen-bond donors (Lipinski definition) is 3. The number of benzene rings is 2. The van der Waals surface area contributed by atoms with Gasteiger partial charge in [0.05, 0.1) is 25.3 Å². The predicted molar refractivity (Wildman–Crippen MR) is 122 cm³/mol. The second-order valence-corrected chi connectivity index (χ2v) is 8.35. The molecule has 0 aliphatic heterocycles. The number of anilines is 4. The molecule has 1 heterocycles. The Bertz CT molecular complexity index is 1360. The molecule has 13 heteroatoms. The highest BCUT2D eigenvalue weighted by Gasteiger charge is 2.17. The third kappa shape index (κ3) is 5.61. The minimum absolute atomic E-state index is 0.00504. The summed E-state index contributed by atoms with van der Waals surface area (Å²) in [6.45, 7) is 1.37. The molecule has 0 radical (unpaired) electrons. The van der Waals surface area contributed by atoms with Crippen LogP contribution in [0.15, 0.2) is 41.4 Å². The van der Waals surface area contributed by atoms with Crippen molar-refractivity contribution in [3.8, 4) is 23.3 Å². The second kappa shape index (κ2) is 10.2. The van der Waals surface area contributed by atoms with Crippen LogP contribution in [0.25, 0.3) is 0 Å². The fourth-order valence-corrected chi connectivity index (χ4v) is 3.79. The van der Waals surface area contributed by atoms with E-state index in [1.165, 1.54) is 32.4 Å². The minimum atomic E-state index is -3.93. The monoisotopic (exact) mass is 488 g/mol. The molecule has 34 heavy (non-hydrogen) atoms. The lowest BCUT2D eigenvalue weighted by Crippen LogP contribution is -2.14. The van der Waals surface area contributed by atoms with Crippen molar-refractivity contribution in [2.75, 3.05) is 31.5 Å². The minimum Gasteiger partial charge on any atom is -0.493 e. The molecule has 0 saturated heterocycles. The van der Waals surface area contributed by atoms with Gasteiger partial charge in [0, 0.05) is 23.5 Å². The van der Waals surface area contributed by atoms with Crippen LogP contribution in [0.5, 0.6) is 17.2 Å². The van der Waals surface area contributed by atoms with Gasteiger partial charge < -0.3 is 24.8 Å². The van der Waals surface area contributed by atoms with E-state index in [4.69, 9.17) is 24.6 Å². The average molecular weight is 489 g/mol. The Morgan fingerprint density at radius 2 is 1.85 bits per heavy atom. The van der Waals surface area contributed by atoms with Gasteiger partial charge in [0.15, 0.2) is 29.7 Å². The molecule has 2 aromatic carbocycles. The maximum atomic E-state index is 14.5. The Balaban J connectivity index is 1.93. The number of aromatic nitrogens is 2. The SMILES string of the molecule is COc1cc(Nc2nc(Nc3ccc(C)c(S(N)(=O)=O)c3)ncc2F)cc(OCC#N)c1OC. The number of aryl methyl sites for hydroxylation is 1. The molecule has 0 spiro atoms. The topological polar surface area (TPSA) is 161 Å². The Kier molecular flexibility index (Phi) is 7.34. The van der Waals surface area contributed by atoms with Gasteiger partial charge in [-0.15, -0.1) is 0 Å². The van der Waals surface area contributed by atoms with Crippen molar-refractivity contribution in [2.24, 2.45) is 5.14 Å². The van der Waals surface area contributed by atoms with Gasteiger partial charge in [0.2, 0.25) is 21.7 Å². The van der Waals surface area contributed by atoms with Gasteiger partial charge in [0.25, 0.3) is 0 Å². The molecule has 0 saturated carbocycles. The Morgan fingerprint density at radius 1 is 1.12 bits per heavy atom. The van der Waals surface area contributed by atoms with E-state index in [2.05, 4.69) is 20.6 Å². The van der Waals surface area contributed by atoms with Crippen LogP contribution in [0.2, 0.25) is 0 Å². The van der Waals surface area contributed by atoms with Gasteiger partial charge in [-0.1, -0.05) is 6.07 Å². The highest BCUT2D eigenvalue weighted by molar-refractivity contribution is 7.89. The summed E-state index contributed by atoms with van der Waals surface area (Å²) in [5, 5.41) is 19.7. The second-order valence-electron chi connectivity index (χ2n) is 6.82. The summed E-state index contributed by atoms with van der Waals surface area (Å²) in [5.41, 5.74) is 1.14. The lowest BCUT2D eigenvalue weighted by Gasteiger charge is -2.16. The van der Waals surface area contributed by atoms with Gasteiger partial charge in [-0.05, 0) is 24.6 Å². The molecule has 0 aliphatic rings. The summed E-state index contributed by atoms with van der Waals surface area (Å²) < 4.78 is 53.9. The van der Waals surface area contributed by atoms with Gasteiger partial charge in [-0.2, -0.15) is 10.2 Å². The van der Waals surface area contributed by atoms with Crippen molar-refractivity contribution >= 4 is 33.2 Å². The van der Waals surface area contributed by atoms with Crippen LogP contribution in [0, 0.1) is 24.1 Å². The molecule has 3 rings (SSSR count). The number of ether oxygens (including phenoxy) is 3. The molecule has 0 aliphatic carbocycles. The highest BCUT2D eigenvalue weighted by atomic mass is 32.2. The van der Waals surface area contributed by atoms with E-state index in [1.807, 2.05) is 6.07 Å². The summed E-state index contributed by atoms with van der Waals surface area (Å²) >= 11 is 0. The largest absolute Gasteiger partial charge is 0.493 e. The first-order valence-electron chi connectivity index (χ1n) is 9.62. The summed E-state index contributed by atoms with van der Waals surface area (Å²) in [5.74, 6) is -0.200. The molecule has 0 fully saturated rings. The molecule has 0 amide bonds. The molecule has 0 atom stereocenters. The number of primary sulfonamides is 1. The number of nitrogens with one attached hydrogen (secondary N) is 2. The smallest absolute Gasteiger partial charge is 0.238 e. The zero-order valence-electron chi connectivity index (χ0n) is 18.4. The molecule has 11 nitrogen and oxygen atoms in total. The lowest BCUT2D eigenvalue weighted by atomic mass is 10.2. The Morgan fingerprint density at radius 3 is 2.50 bits per heavy atom. The molecule has 3 aromatic rings. The van der Waals surface area contributed by atoms with Crippen LogP contribution in [-0.4, -0.2) is 39.2 Å². The number of nitrogens with two attached hydrogens (primary N) is 1. The van der Waals surface area contributed by atoms with Gasteiger partial charge in [-0.3, -0.25) is 0 Å². The van der Waals surface area contributed by atoms with Crippen LogP contribution < -0.4 is 30.0 Å². The van der Waals surface area contributed by atoms with Crippen molar-refractivity contribution in [3.63, 3.8) is 0 Å². The summed E-state index contributed by atoms with van der Waals surface area (Å²) in [4.78, 5) is 7.94. The third-order valence-electron chi connectivity index (χ3n) is 4.49. The number of nitrogens with zero attached hydrogens (tertiary/aromatic N) is 3. The van der Waals surface area contributed by atoms with E-state index >= 15 is 0 Å². The van der Waals surface area contributed by atoms with E-state index in [1.54, 1.807) is 19.1 Å². The predicted octanol–water partition coefficient (Wildman–Crippen LogP) is 2.98. The summed E-state index contributed by atoms with van der Waals surface area (Å²) in [7, 11) is -1.10. The normalized spacial score (nSPS) is 10.8.